The lowest BCUT2D eigenvalue weighted by molar-refractivity contribution is -0.124. The Kier molecular flexibility index (Phi) is 8.57. The smallest absolute Gasteiger partial charge is 0.262 e. The van der Waals surface area contributed by atoms with E-state index in [0.29, 0.717) is 18.0 Å². The summed E-state index contributed by atoms with van der Waals surface area (Å²) >= 11 is 1.32. The topological polar surface area (TPSA) is 95.6 Å². The predicted octanol–water partition coefficient (Wildman–Crippen LogP) is 2.85. The molecule has 0 spiro atoms. The van der Waals surface area contributed by atoms with Gasteiger partial charge in [0.2, 0.25) is 15.9 Å². The molecule has 164 valence electrons. The van der Waals surface area contributed by atoms with E-state index >= 15 is 0 Å². The molecule has 7 nitrogen and oxygen atoms in total. The first-order valence-electron chi connectivity index (χ1n) is 9.91. The normalized spacial score (nSPS) is 12.7. The van der Waals surface area contributed by atoms with Crippen molar-refractivity contribution in [1.82, 2.24) is 14.9 Å². The molecule has 0 aliphatic carbocycles. The maximum absolute atomic E-state index is 12.6. The van der Waals surface area contributed by atoms with Crippen molar-refractivity contribution in [2.75, 3.05) is 13.1 Å². The number of thiophene rings is 1. The molecule has 0 aliphatic rings. The molecule has 1 atom stereocenters. The summed E-state index contributed by atoms with van der Waals surface area (Å²) in [6.45, 7) is 8.38. The zero-order chi connectivity index (χ0) is 22.3. The number of nitrogens with one attached hydrogen (secondary N) is 2. The number of rotatable bonds is 10. The van der Waals surface area contributed by atoms with E-state index in [4.69, 9.17) is 0 Å². The Morgan fingerprint density at radius 1 is 1.07 bits per heavy atom. The average Bonchev–Trinajstić information content (AvgIpc) is 3.26. The number of carbonyl (C=O) groups excluding carboxylic acids is 2. The standard InChI is InChI=1S/C21H29N3O4S2/c1-5-24(6-2)30(27,28)17-11-9-16(10-12-17)14-22-21(26)19(15(3)4)23-20(25)18-8-7-13-29-18/h7-13,15,19H,5-6,14H2,1-4H3,(H,22,26)(H,23,25). The van der Waals surface area contributed by atoms with E-state index < -0.39 is 16.1 Å². The maximum Gasteiger partial charge on any atom is 0.262 e. The first-order valence-corrected chi connectivity index (χ1v) is 12.2. The number of hydrogen-bond donors (Lipinski definition) is 2. The van der Waals surface area contributed by atoms with Gasteiger partial charge in [-0.25, -0.2) is 8.42 Å². The molecule has 1 unspecified atom stereocenters. The second-order valence-corrected chi connectivity index (χ2v) is 10.0. The van der Waals surface area contributed by atoms with Gasteiger partial charge in [-0.2, -0.15) is 4.31 Å². The molecule has 0 radical (unpaired) electrons. The van der Waals surface area contributed by atoms with Crippen LogP contribution in [0.15, 0.2) is 46.7 Å². The fourth-order valence-corrected chi connectivity index (χ4v) is 5.03. The van der Waals surface area contributed by atoms with Crippen LogP contribution in [0.2, 0.25) is 0 Å². The third kappa shape index (κ3) is 5.90. The summed E-state index contributed by atoms with van der Waals surface area (Å²) in [5.74, 6) is -0.643. The van der Waals surface area contributed by atoms with Crippen LogP contribution < -0.4 is 10.6 Å². The van der Waals surface area contributed by atoms with Crippen molar-refractivity contribution >= 4 is 33.2 Å². The summed E-state index contributed by atoms with van der Waals surface area (Å²) in [6, 6.07) is 9.30. The number of nitrogens with zero attached hydrogens (tertiary/aromatic N) is 1. The Morgan fingerprint density at radius 2 is 1.70 bits per heavy atom. The van der Waals surface area contributed by atoms with Gasteiger partial charge in [0.25, 0.3) is 5.91 Å². The Bertz CT molecular complexity index is 935. The van der Waals surface area contributed by atoms with Gasteiger partial charge in [0, 0.05) is 19.6 Å². The highest BCUT2D eigenvalue weighted by molar-refractivity contribution is 7.89. The lowest BCUT2D eigenvalue weighted by Crippen LogP contribution is -2.49. The minimum atomic E-state index is -3.51. The van der Waals surface area contributed by atoms with Gasteiger partial charge in [-0.05, 0) is 35.1 Å². The Morgan fingerprint density at radius 3 is 2.20 bits per heavy atom. The van der Waals surface area contributed by atoms with Gasteiger partial charge in [0.1, 0.15) is 6.04 Å². The third-order valence-corrected chi connectivity index (χ3v) is 7.65. The molecular formula is C21H29N3O4S2. The number of amides is 2. The minimum absolute atomic E-state index is 0.0875. The van der Waals surface area contributed by atoms with Crippen molar-refractivity contribution in [1.29, 1.82) is 0 Å². The van der Waals surface area contributed by atoms with E-state index in [-0.39, 0.29) is 29.2 Å². The minimum Gasteiger partial charge on any atom is -0.350 e. The summed E-state index contributed by atoms with van der Waals surface area (Å²) in [5.41, 5.74) is 0.772. The SMILES string of the molecule is CCN(CC)S(=O)(=O)c1ccc(CNC(=O)C(NC(=O)c2cccs2)C(C)C)cc1. The number of hydrogen-bond acceptors (Lipinski definition) is 5. The molecule has 2 rings (SSSR count). The van der Waals surface area contributed by atoms with Crippen LogP contribution >= 0.6 is 11.3 Å². The molecule has 9 heteroatoms. The zero-order valence-corrected chi connectivity index (χ0v) is 19.3. The summed E-state index contributed by atoms with van der Waals surface area (Å²) in [4.78, 5) is 25.7. The lowest BCUT2D eigenvalue weighted by Gasteiger charge is -2.21. The van der Waals surface area contributed by atoms with Crippen molar-refractivity contribution in [3.8, 4) is 0 Å². The monoisotopic (exact) mass is 451 g/mol. The molecule has 1 aromatic carbocycles. The Balaban J connectivity index is 2.01. The Hall–Kier alpha value is -2.23. The molecule has 0 saturated carbocycles. The molecule has 2 N–H and O–H groups in total. The van der Waals surface area contributed by atoms with Crippen LogP contribution in [-0.4, -0.2) is 43.7 Å². The molecule has 0 fully saturated rings. The zero-order valence-electron chi connectivity index (χ0n) is 17.7. The van der Waals surface area contributed by atoms with Gasteiger partial charge in [0.15, 0.2) is 0 Å². The van der Waals surface area contributed by atoms with E-state index in [1.54, 1.807) is 50.2 Å². The molecule has 0 saturated heterocycles. The first kappa shape index (κ1) is 24.0. The van der Waals surface area contributed by atoms with Crippen molar-refractivity contribution < 1.29 is 18.0 Å². The molecule has 1 aromatic heterocycles. The van der Waals surface area contributed by atoms with Gasteiger partial charge in [-0.3, -0.25) is 9.59 Å². The number of sulfonamides is 1. The van der Waals surface area contributed by atoms with Crippen LogP contribution in [0.25, 0.3) is 0 Å². The van der Waals surface area contributed by atoms with Crippen LogP contribution in [0, 0.1) is 5.92 Å². The molecule has 0 aliphatic heterocycles. The maximum atomic E-state index is 12.6. The second-order valence-electron chi connectivity index (χ2n) is 7.12. The highest BCUT2D eigenvalue weighted by Crippen LogP contribution is 2.16. The van der Waals surface area contributed by atoms with Gasteiger partial charge < -0.3 is 10.6 Å². The van der Waals surface area contributed by atoms with Crippen molar-refractivity contribution in [3.63, 3.8) is 0 Å². The molecule has 2 aromatic rings. The number of carbonyl (C=O) groups is 2. The van der Waals surface area contributed by atoms with Crippen LogP contribution in [0.5, 0.6) is 0 Å². The Labute approximate surface area is 182 Å². The van der Waals surface area contributed by atoms with Gasteiger partial charge in [-0.1, -0.05) is 45.9 Å². The van der Waals surface area contributed by atoms with Gasteiger partial charge >= 0.3 is 0 Å². The second kappa shape index (κ2) is 10.7. The average molecular weight is 452 g/mol. The first-order chi connectivity index (χ1) is 14.2. The van der Waals surface area contributed by atoms with Crippen LogP contribution in [0.4, 0.5) is 0 Å². The molecule has 1 heterocycles. The predicted molar refractivity (Wildman–Crippen MR) is 119 cm³/mol. The highest BCUT2D eigenvalue weighted by Gasteiger charge is 2.25. The summed E-state index contributed by atoms with van der Waals surface area (Å²) in [5, 5.41) is 7.42. The van der Waals surface area contributed by atoms with E-state index in [2.05, 4.69) is 10.6 Å². The molecule has 0 bridgehead atoms. The van der Waals surface area contributed by atoms with Crippen molar-refractivity contribution in [2.24, 2.45) is 5.92 Å². The highest BCUT2D eigenvalue weighted by atomic mass is 32.2. The quantitative estimate of drug-likeness (QED) is 0.581. The summed E-state index contributed by atoms with van der Waals surface area (Å²) in [6.07, 6.45) is 0. The largest absolute Gasteiger partial charge is 0.350 e. The van der Waals surface area contributed by atoms with Gasteiger partial charge in [-0.15, -0.1) is 11.3 Å². The fourth-order valence-electron chi connectivity index (χ4n) is 2.95. The van der Waals surface area contributed by atoms with Crippen molar-refractivity contribution in [2.45, 2.75) is 45.2 Å². The van der Waals surface area contributed by atoms with Crippen LogP contribution in [-0.2, 0) is 21.4 Å². The summed E-state index contributed by atoms with van der Waals surface area (Å²) in [7, 11) is -3.51. The molecular weight excluding hydrogens is 422 g/mol. The molecule has 2 amide bonds. The van der Waals surface area contributed by atoms with Gasteiger partial charge in [0.05, 0.1) is 9.77 Å². The number of benzene rings is 1. The van der Waals surface area contributed by atoms with E-state index in [1.807, 2.05) is 19.2 Å². The molecule has 30 heavy (non-hydrogen) atoms. The van der Waals surface area contributed by atoms with Crippen LogP contribution in [0.1, 0.15) is 42.9 Å². The van der Waals surface area contributed by atoms with Crippen molar-refractivity contribution in [3.05, 3.63) is 52.2 Å². The fraction of sp³-hybridized carbons (Fsp3) is 0.429. The van der Waals surface area contributed by atoms with E-state index in [0.717, 1.165) is 5.56 Å². The lowest BCUT2D eigenvalue weighted by atomic mass is 10.0. The third-order valence-electron chi connectivity index (χ3n) is 4.71. The van der Waals surface area contributed by atoms with E-state index in [9.17, 15) is 18.0 Å². The summed E-state index contributed by atoms with van der Waals surface area (Å²) < 4.78 is 26.5. The van der Waals surface area contributed by atoms with Crippen LogP contribution in [0.3, 0.4) is 0 Å². The van der Waals surface area contributed by atoms with E-state index in [1.165, 1.54) is 15.6 Å².